The van der Waals surface area contributed by atoms with Crippen LogP contribution in [0.15, 0.2) is 85.3 Å². The summed E-state index contributed by atoms with van der Waals surface area (Å²) in [7, 11) is 0. The smallest absolute Gasteiger partial charge is 0.121 e. The molecule has 3 nitrogen and oxygen atoms in total. The summed E-state index contributed by atoms with van der Waals surface area (Å²) in [6.45, 7) is 0. The topological polar surface area (TPSA) is 38.1 Å². The zero-order valence-electron chi connectivity index (χ0n) is 14.3. The molecule has 27 heavy (non-hydrogen) atoms. The van der Waals surface area contributed by atoms with Crippen molar-refractivity contribution in [3.63, 3.8) is 0 Å². The number of hydrogen-bond donors (Lipinski definition) is 1. The van der Waals surface area contributed by atoms with Crippen molar-refractivity contribution >= 4 is 23.2 Å². The van der Waals surface area contributed by atoms with E-state index in [1.54, 1.807) is 12.4 Å². The average molecular weight is 395 g/mol. The number of aromatic nitrogens is 2. The van der Waals surface area contributed by atoms with Gasteiger partial charge in [0.1, 0.15) is 6.10 Å². The van der Waals surface area contributed by atoms with Gasteiger partial charge in [0.05, 0.1) is 5.69 Å². The molecular formula is C22H16Cl2N2O. The van der Waals surface area contributed by atoms with Crippen LogP contribution in [0.3, 0.4) is 0 Å². The highest BCUT2D eigenvalue weighted by molar-refractivity contribution is 6.31. The van der Waals surface area contributed by atoms with Crippen molar-refractivity contribution < 1.29 is 5.11 Å². The molecule has 4 aromatic rings. The average Bonchev–Trinajstić information content (AvgIpc) is 3.14. The molecule has 1 atom stereocenters. The molecule has 0 aliphatic rings. The Labute approximate surface area is 167 Å². The number of rotatable bonds is 4. The van der Waals surface area contributed by atoms with Crippen LogP contribution in [-0.2, 0) is 0 Å². The SMILES string of the molecule is OC(c1cccnc1)c1c(-c2ccc(Cl)cc2)ccn1-c1cccc(Cl)c1. The molecule has 2 heterocycles. The summed E-state index contributed by atoms with van der Waals surface area (Å²) in [6, 6.07) is 20.8. The van der Waals surface area contributed by atoms with E-state index in [0.717, 1.165) is 28.1 Å². The van der Waals surface area contributed by atoms with Crippen molar-refractivity contribution in [3.8, 4) is 16.8 Å². The number of nitrogens with zero attached hydrogens (tertiary/aromatic N) is 2. The number of aliphatic hydroxyl groups excluding tert-OH is 1. The molecule has 0 aliphatic carbocycles. The highest BCUT2D eigenvalue weighted by atomic mass is 35.5. The maximum atomic E-state index is 11.2. The van der Waals surface area contributed by atoms with E-state index < -0.39 is 6.10 Å². The third-order valence-corrected chi connectivity index (χ3v) is 4.91. The van der Waals surface area contributed by atoms with E-state index in [-0.39, 0.29) is 0 Å². The third-order valence-electron chi connectivity index (χ3n) is 4.43. The molecule has 134 valence electrons. The van der Waals surface area contributed by atoms with Crippen molar-refractivity contribution in [2.45, 2.75) is 6.10 Å². The number of benzene rings is 2. The lowest BCUT2D eigenvalue weighted by Gasteiger charge is -2.18. The van der Waals surface area contributed by atoms with E-state index >= 15 is 0 Å². The Hall–Kier alpha value is -2.59. The highest BCUT2D eigenvalue weighted by Gasteiger charge is 2.21. The Morgan fingerprint density at radius 2 is 1.70 bits per heavy atom. The summed E-state index contributed by atoms with van der Waals surface area (Å²) >= 11 is 12.2. The molecule has 0 saturated heterocycles. The van der Waals surface area contributed by atoms with Crippen LogP contribution in [0.1, 0.15) is 17.4 Å². The van der Waals surface area contributed by atoms with Crippen molar-refractivity contribution in [1.82, 2.24) is 9.55 Å². The summed E-state index contributed by atoms with van der Waals surface area (Å²) in [6.07, 6.45) is 4.45. The van der Waals surface area contributed by atoms with Crippen LogP contribution in [0.4, 0.5) is 0 Å². The first-order valence-corrected chi connectivity index (χ1v) is 9.20. The van der Waals surface area contributed by atoms with Gasteiger partial charge in [-0.15, -0.1) is 0 Å². The molecule has 2 aromatic heterocycles. The fraction of sp³-hybridized carbons (Fsp3) is 0.0455. The van der Waals surface area contributed by atoms with Gasteiger partial charge in [0.2, 0.25) is 0 Å². The first-order chi connectivity index (χ1) is 13.1. The van der Waals surface area contributed by atoms with Crippen molar-refractivity contribution in [2.24, 2.45) is 0 Å². The van der Waals surface area contributed by atoms with Gasteiger partial charge in [-0.1, -0.05) is 47.5 Å². The van der Waals surface area contributed by atoms with E-state index in [0.29, 0.717) is 10.0 Å². The Bertz CT molecular complexity index is 1060. The van der Waals surface area contributed by atoms with Crippen LogP contribution in [-0.4, -0.2) is 14.7 Å². The van der Waals surface area contributed by atoms with Crippen LogP contribution in [0.25, 0.3) is 16.8 Å². The standard InChI is InChI=1S/C22H16Cl2N2O/c23-17-8-6-15(7-9-17)20-10-12-26(19-5-1-4-18(24)13-19)21(20)22(27)16-3-2-11-25-14-16/h1-14,22,27H. The number of halogens is 2. The van der Waals surface area contributed by atoms with Gasteiger partial charge in [-0.3, -0.25) is 4.98 Å². The largest absolute Gasteiger partial charge is 0.382 e. The number of pyridine rings is 1. The monoisotopic (exact) mass is 394 g/mol. The van der Waals surface area contributed by atoms with Crippen molar-refractivity contribution in [2.75, 3.05) is 0 Å². The molecule has 0 radical (unpaired) electrons. The Morgan fingerprint density at radius 3 is 2.41 bits per heavy atom. The predicted octanol–water partition coefficient (Wildman–Crippen LogP) is 5.93. The van der Waals surface area contributed by atoms with E-state index in [2.05, 4.69) is 4.98 Å². The third kappa shape index (κ3) is 3.62. The fourth-order valence-corrected chi connectivity index (χ4v) is 3.45. The molecule has 0 spiro atoms. The summed E-state index contributed by atoms with van der Waals surface area (Å²) < 4.78 is 1.95. The van der Waals surface area contributed by atoms with Crippen molar-refractivity contribution in [3.05, 3.63) is 107 Å². The van der Waals surface area contributed by atoms with E-state index in [9.17, 15) is 5.11 Å². The Morgan fingerprint density at radius 1 is 0.889 bits per heavy atom. The first-order valence-electron chi connectivity index (χ1n) is 8.44. The zero-order chi connectivity index (χ0) is 18.8. The molecule has 5 heteroatoms. The van der Waals surface area contributed by atoms with Gasteiger partial charge < -0.3 is 9.67 Å². The minimum absolute atomic E-state index is 0.635. The van der Waals surface area contributed by atoms with E-state index in [1.165, 1.54) is 0 Å². The van der Waals surface area contributed by atoms with Gasteiger partial charge in [-0.2, -0.15) is 0 Å². The lowest BCUT2D eigenvalue weighted by molar-refractivity contribution is 0.213. The predicted molar refractivity (Wildman–Crippen MR) is 110 cm³/mol. The number of hydrogen-bond acceptors (Lipinski definition) is 2. The molecule has 0 aliphatic heterocycles. The maximum Gasteiger partial charge on any atom is 0.121 e. The molecular weight excluding hydrogens is 379 g/mol. The lowest BCUT2D eigenvalue weighted by Crippen LogP contribution is -2.08. The summed E-state index contributed by atoms with van der Waals surface area (Å²) in [5.74, 6) is 0. The second kappa shape index (κ2) is 7.57. The molecule has 0 saturated carbocycles. The van der Waals surface area contributed by atoms with Crippen LogP contribution in [0.2, 0.25) is 10.0 Å². The second-order valence-electron chi connectivity index (χ2n) is 6.16. The minimum Gasteiger partial charge on any atom is -0.382 e. The summed E-state index contributed by atoms with van der Waals surface area (Å²) in [4.78, 5) is 4.14. The van der Waals surface area contributed by atoms with Gasteiger partial charge in [0.25, 0.3) is 0 Å². The molecule has 0 fully saturated rings. The van der Waals surface area contributed by atoms with Crippen LogP contribution in [0, 0.1) is 0 Å². The fourth-order valence-electron chi connectivity index (χ4n) is 3.14. The van der Waals surface area contributed by atoms with Crippen LogP contribution in [0.5, 0.6) is 0 Å². The summed E-state index contributed by atoms with van der Waals surface area (Å²) in [5.41, 5.74) is 4.23. The Balaban J connectivity index is 1.91. The van der Waals surface area contributed by atoms with Gasteiger partial charge in [-0.05, 0) is 48.0 Å². The molecule has 2 aromatic carbocycles. The molecule has 1 N–H and O–H groups in total. The summed E-state index contributed by atoms with van der Waals surface area (Å²) in [5, 5.41) is 12.5. The molecule has 1 unspecified atom stereocenters. The quantitative estimate of drug-likeness (QED) is 0.465. The van der Waals surface area contributed by atoms with Gasteiger partial charge in [0, 0.05) is 45.5 Å². The molecule has 4 rings (SSSR count). The van der Waals surface area contributed by atoms with Crippen LogP contribution >= 0.6 is 23.2 Å². The van der Waals surface area contributed by atoms with Crippen molar-refractivity contribution in [1.29, 1.82) is 0 Å². The highest BCUT2D eigenvalue weighted by Crippen LogP contribution is 2.35. The van der Waals surface area contributed by atoms with Crippen LogP contribution < -0.4 is 0 Å². The molecule has 0 bridgehead atoms. The Kier molecular flexibility index (Phi) is 4.99. The van der Waals surface area contributed by atoms with E-state index in [4.69, 9.17) is 23.2 Å². The van der Waals surface area contributed by atoms with E-state index in [1.807, 2.05) is 77.5 Å². The second-order valence-corrected chi connectivity index (χ2v) is 7.03. The van der Waals surface area contributed by atoms with Gasteiger partial charge in [0.15, 0.2) is 0 Å². The maximum absolute atomic E-state index is 11.2. The van der Waals surface area contributed by atoms with Gasteiger partial charge in [-0.25, -0.2) is 0 Å². The lowest BCUT2D eigenvalue weighted by atomic mass is 10.00. The number of aliphatic hydroxyl groups is 1. The zero-order valence-corrected chi connectivity index (χ0v) is 15.8. The van der Waals surface area contributed by atoms with Gasteiger partial charge >= 0.3 is 0 Å². The normalized spacial score (nSPS) is 12.1. The molecule has 0 amide bonds. The first kappa shape index (κ1) is 17.8. The minimum atomic E-state index is -0.849.